The van der Waals surface area contributed by atoms with Crippen LogP contribution in [0.3, 0.4) is 0 Å². The number of nitrogens with one attached hydrogen (secondary N) is 2. The van der Waals surface area contributed by atoms with Gasteiger partial charge in [-0.1, -0.05) is 6.07 Å². The van der Waals surface area contributed by atoms with Crippen LogP contribution in [0.15, 0.2) is 24.4 Å². The number of hydrogen-bond acceptors (Lipinski definition) is 4. The average molecular weight is 219 g/mol. The van der Waals surface area contributed by atoms with Crippen molar-refractivity contribution in [3.8, 4) is 0 Å². The molecule has 16 heavy (non-hydrogen) atoms. The highest BCUT2D eigenvalue weighted by Crippen LogP contribution is 2.01. The molecule has 2 N–H and O–H groups in total. The van der Waals surface area contributed by atoms with E-state index in [4.69, 9.17) is 0 Å². The predicted octanol–water partition coefficient (Wildman–Crippen LogP) is -0.435. The van der Waals surface area contributed by atoms with Gasteiger partial charge in [0.25, 0.3) is 0 Å². The van der Waals surface area contributed by atoms with Crippen LogP contribution in [-0.4, -0.2) is 34.1 Å². The Morgan fingerprint density at radius 2 is 2.31 bits per heavy atom. The van der Waals surface area contributed by atoms with Crippen molar-refractivity contribution in [1.29, 1.82) is 0 Å². The second-order valence-electron chi connectivity index (χ2n) is 3.35. The van der Waals surface area contributed by atoms with Crippen molar-refractivity contribution in [3.63, 3.8) is 0 Å². The third-order valence-electron chi connectivity index (χ3n) is 2.17. The molecule has 0 aliphatic carbocycles. The molecule has 6 nitrogen and oxygen atoms in total. The van der Waals surface area contributed by atoms with E-state index in [-0.39, 0.29) is 5.91 Å². The van der Waals surface area contributed by atoms with Crippen molar-refractivity contribution < 1.29 is 4.79 Å². The Hall–Kier alpha value is -1.95. The quantitative estimate of drug-likeness (QED) is 0.731. The molecule has 0 atom stereocenters. The molecule has 0 saturated heterocycles. The molecule has 0 fully saturated rings. The summed E-state index contributed by atoms with van der Waals surface area (Å²) < 4.78 is 1.85. The molecule has 0 spiro atoms. The molecule has 2 aromatic rings. The van der Waals surface area contributed by atoms with E-state index in [1.165, 1.54) is 0 Å². The van der Waals surface area contributed by atoms with Crippen LogP contribution in [-0.2, 0) is 11.3 Å². The van der Waals surface area contributed by atoms with Gasteiger partial charge >= 0.3 is 0 Å². The monoisotopic (exact) mass is 219 g/mol. The summed E-state index contributed by atoms with van der Waals surface area (Å²) in [5, 5.41) is 13.5. The Bertz CT molecular complexity index is 493. The molecule has 0 saturated carbocycles. The van der Waals surface area contributed by atoms with Crippen molar-refractivity contribution in [2.75, 3.05) is 13.6 Å². The number of carbonyl (C=O) groups is 1. The molecule has 0 radical (unpaired) electrons. The molecule has 0 aliphatic heterocycles. The van der Waals surface area contributed by atoms with Gasteiger partial charge in [-0.15, -0.1) is 10.2 Å². The van der Waals surface area contributed by atoms with Gasteiger partial charge in [0.1, 0.15) is 0 Å². The van der Waals surface area contributed by atoms with Gasteiger partial charge in [-0.2, -0.15) is 0 Å². The van der Waals surface area contributed by atoms with Gasteiger partial charge in [0, 0.05) is 6.20 Å². The number of fused-ring (bicyclic) bond motifs is 1. The number of aromatic nitrogens is 3. The zero-order valence-electron chi connectivity index (χ0n) is 8.97. The van der Waals surface area contributed by atoms with Crippen LogP contribution < -0.4 is 10.6 Å². The smallest absolute Gasteiger partial charge is 0.234 e. The summed E-state index contributed by atoms with van der Waals surface area (Å²) in [6.07, 6.45) is 1.87. The standard InChI is InChI=1S/C10H13N5O/c1-11-7-10(16)12-6-9-14-13-8-4-2-3-5-15(8)9/h2-5,11H,6-7H2,1H3,(H,12,16). The fraction of sp³-hybridized carbons (Fsp3) is 0.300. The number of pyridine rings is 1. The third kappa shape index (κ3) is 2.17. The average Bonchev–Trinajstić information content (AvgIpc) is 2.70. The maximum atomic E-state index is 11.2. The number of rotatable bonds is 4. The highest BCUT2D eigenvalue weighted by Gasteiger charge is 2.05. The number of likely N-dealkylation sites (N-methyl/N-ethyl adjacent to an activating group) is 1. The molecular formula is C10H13N5O. The van der Waals surface area contributed by atoms with Crippen LogP contribution in [0.2, 0.25) is 0 Å². The topological polar surface area (TPSA) is 71.3 Å². The molecule has 1 amide bonds. The lowest BCUT2D eigenvalue weighted by molar-refractivity contribution is -0.120. The van der Waals surface area contributed by atoms with E-state index in [1.807, 2.05) is 28.8 Å². The summed E-state index contributed by atoms with van der Waals surface area (Å²) >= 11 is 0. The van der Waals surface area contributed by atoms with E-state index in [1.54, 1.807) is 7.05 Å². The molecule has 0 bridgehead atoms. The maximum absolute atomic E-state index is 11.2. The SMILES string of the molecule is CNCC(=O)NCc1nnc2ccccn12. The van der Waals surface area contributed by atoms with E-state index < -0.39 is 0 Å². The third-order valence-corrected chi connectivity index (χ3v) is 2.17. The normalized spacial score (nSPS) is 10.6. The lowest BCUT2D eigenvalue weighted by Crippen LogP contribution is -2.32. The van der Waals surface area contributed by atoms with Gasteiger partial charge in [-0.3, -0.25) is 9.20 Å². The van der Waals surface area contributed by atoms with Gasteiger partial charge in [-0.05, 0) is 19.2 Å². The molecule has 2 aromatic heterocycles. The van der Waals surface area contributed by atoms with E-state index in [9.17, 15) is 4.79 Å². The minimum absolute atomic E-state index is 0.0600. The molecule has 6 heteroatoms. The first kappa shape index (κ1) is 10.6. The number of carbonyl (C=O) groups excluding carboxylic acids is 1. The second-order valence-corrected chi connectivity index (χ2v) is 3.35. The Labute approximate surface area is 92.7 Å². The molecule has 0 aromatic carbocycles. The van der Waals surface area contributed by atoms with Gasteiger partial charge in [-0.25, -0.2) is 0 Å². The fourth-order valence-electron chi connectivity index (χ4n) is 1.41. The lowest BCUT2D eigenvalue weighted by atomic mass is 10.4. The lowest BCUT2D eigenvalue weighted by Gasteiger charge is -2.02. The molecule has 0 aliphatic rings. The number of amides is 1. The highest BCUT2D eigenvalue weighted by atomic mass is 16.1. The summed E-state index contributed by atoms with van der Waals surface area (Å²) in [5.74, 6) is 0.662. The van der Waals surface area contributed by atoms with Crippen molar-refractivity contribution in [2.24, 2.45) is 0 Å². The fourth-order valence-corrected chi connectivity index (χ4v) is 1.41. The minimum Gasteiger partial charge on any atom is -0.348 e. The van der Waals surface area contributed by atoms with Crippen LogP contribution in [0.5, 0.6) is 0 Å². The van der Waals surface area contributed by atoms with Crippen LogP contribution in [0, 0.1) is 0 Å². The summed E-state index contributed by atoms with van der Waals surface area (Å²) in [6.45, 7) is 0.683. The highest BCUT2D eigenvalue weighted by molar-refractivity contribution is 5.77. The van der Waals surface area contributed by atoms with Gasteiger partial charge in [0.2, 0.25) is 5.91 Å². The second kappa shape index (κ2) is 4.71. The van der Waals surface area contributed by atoms with Crippen molar-refractivity contribution in [1.82, 2.24) is 25.2 Å². The Kier molecular flexibility index (Phi) is 3.11. The van der Waals surface area contributed by atoms with Crippen LogP contribution in [0.1, 0.15) is 5.82 Å². The summed E-state index contributed by atoms with van der Waals surface area (Å²) in [6, 6.07) is 5.66. The molecule has 0 unspecified atom stereocenters. The zero-order chi connectivity index (χ0) is 11.4. The van der Waals surface area contributed by atoms with Gasteiger partial charge in [0.15, 0.2) is 11.5 Å². The van der Waals surface area contributed by atoms with Crippen molar-refractivity contribution in [2.45, 2.75) is 6.54 Å². The summed E-state index contributed by atoms with van der Waals surface area (Å²) in [7, 11) is 1.73. The Morgan fingerprint density at radius 1 is 1.44 bits per heavy atom. The van der Waals surface area contributed by atoms with Crippen LogP contribution in [0.4, 0.5) is 0 Å². The Morgan fingerprint density at radius 3 is 3.12 bits per heavy atom. The van der Waals surface area contributed by atoms with Crippen LogP contribution >= 0.6 is 0 Å². The first-order valence-corrected chi connectivity index (χ1v) is 5.01. The van der Waals surface area contributed by atoms with Crippen LogP contribution in [0.25, 0.3) is 5.65 Å². The van der Waals surface area contributed by atoms with Gasteiger partial charge in [0.05, 0.1) is 13.1 Å². The van der Waals surface area contributed by atoms with Gasteiger partial charge < -0.3 is 10.6 Å². The molecule has 2 heterocycles. The van der Waals surface area contributed by atoms with Crippen molar-refractivity contribution in [3.05, 3.63) is 30.2 Å². The number of nitrogens with zero attached hydrogens (tertiary/aromatic N) is 3. The van der Waals surface area contributed by atoms with E-state index in [0.29, 0.717) is 13.1 Å². The first-order chi connectivity index (χ1) is 7.81. The molecule has 84 valence electrons. The predicted molar refractivity (Wildman–Crippen MR) is 58.8 cm³/mol. The molecular weight excluding hydrogens is 206 g/mol. The maximum Gasteiger partial charge on any atom is 0.234 e. The van der Waals surface area contributed by atoms with E-state index in [0.717, 1.165) is 11.5 Å². The summed E-state index contributed by atoms with van der Waals surface area (Å²) in [4.78, 5) is 11.2. The van der Waals surface area contributed by atoms with Crippen molar-refractivity contribution >= 4 is 11.6 Å². The van der Waals surface area contributed by atoms with E-state index >= 15 is 0 Å². The first-order valence-electron chi connectivity index (χ1n) is 5.01. The van der Waals surface area contributed by atoms with E-state index in [2.05, 4.69) is 20.8 Å². The number of hydrogen-bond donors (Lipinski definition) is 2. The Balaban J connectivity index is 2.07. The zero-order valence-corrected chi connectivity index (χ0v) is 8.97. The minimum atomic E-state index is -0.0600. The molecule has 2 rings (SSSR count). The largest absolute Gasteiger partial charge is 0.348 e. The summed E-state index contributed by atoms with van der Waals surface area (Å²) in [5.41, 5.74) is 0.778.